The second kappa shape index (κ2) is 55.0. The van der Waals surface area contributed by atoms with E-state index in [1.54, 1.807) is 74.5 Å². The molecule has 3 fully saturated rings. The van der Waals surface area contributed by atoms with E-state index in [1.165, 1.54) is 84.8 Å². The number of nitrogens with two attached hydrogens (primary N) is 1. The molecule has 3 saturated heterocycles. The van der Waals surface area contributed by atoms with E-state index >= 15 is 0 Å². The number of ether oxygens (including phenoxy) is 4. The molecule has 754 valence electrons. The van der Waals surface area contributed by atoms with Gasteiger partial charge in [0.25, 0.3) is 0 Å². The number of phenols is 1. The Bertz CT molecular complexity index is 4470. The number of cyclic esters (lactones) is 1. The number of aliphatic hydroxyl groups is 14. The normalized spacial score (nSPS) is 35.5. The first kappa shape index (κ1) is 113. The van der Waals surface area contributed by atoms with Crippen LogP contribution in [-0.4, -0.2) is 321 Å². The second-order valence-electron chi connectivity index (χ2n) is 36.7. The molecule has 9 rings (SSSR count). The Morgan fingerprint density at radius 1 is 0.637 bits per heavy atom. The van der Waals surface area contributed by atoms with Gasteiger partial charge in [-0.15, -0.1) is 11.8 Å². The molecule has 7 heterocycles. The molecular formula is C96H145N9O29S. The maximum absolute atomic E-state index is 14.3. The number of aromatic nitrogens is 1. The van der Waals surface area contributed by atoms with E-state index < -0.39 is 255 Å². The highest BCUT2D eigenvalue weighted by Crippen LogP contribution is 2.40. The molecule has 0 spiro atoms. The largest absolute Gasteiger partial charge is 0.508 e. The lowest BCUT2D eigenvalue weighted by Gasteiger charge is -2.45. The first-order valence-electron chi connectivity index (χ1n) is 46.7. The van der Waals surface area contributed by atoms with E-state index in [1.807, 2.05) is 61.6 Å². The molecule has 0 aliphatic carbocycles. The van der Waals surface area contributed by atoms with E-state index in [2.05, 4.69) is 43.8 Å². The Balaban J connectivity index is 0.000000321. The molecule has 3 aromatic rings. The lowest BCUT2D eigenvalue weighted by Crippen LogP contribution is -2.61. The molecular weight excluding hydrogens is 1780 g/mol. The van der Waals surface area contributed by atoms with Crippen LogP contribution in [0, 0.1) is 17.8 Å². The second-order valence-corrected chi connectivity index (χ2v) is 37.7. The third kappa shape index (κ3) is 35.8. The van der Waals surface area contributed by atoms with Gasteiger partial charge >= 0.3 is 11.9 Å². The highest BCUT2D eigenvalue weighted by atomic mass is 32.2. The summed E-state index contributed by atoms with van der Waals surface area (Å²) in [6.45, 7) is 13.0. The minimum absolute atomic E-state index is 0.138. The van der Waals surface area contributed by atoms with Crippen molar-refractivity contribution in [3.05, 3.63) is 133 Å². The predicted molar refractivity (Wildman–Crippen MR) is 498 cm³/mol. The van der Waals surface area contributed by atoms with Crippen LogP contribution in [0.3, 0.4) is 0 Å². The van der Waals surface area contributed by atoms with Crippen molar-refractivity contribution in [3.63, 3.8) is 0 Å². The molecule has 135 heavy (non-hydrogen) atoms. The number of aromatic amines is 1. The average molecular weight is 1920 g/mol. The quantitative estimate of drug-likeness (QED) is 0.0803. The molecule has 2 aromatic carbocycles. The molecule has 1 aromatic heterocycles. The number of carbonyl (C=O) groups excluding carboxylic acids is 8. The number of nitrogens with zero attached hydrogens (tertiary/aromatic N) is 1. The minimum Gasteiger partial charge on any atom is -0.508 e. The van der Waals surface area contributed by atoms with Gasteiger partial charge in [-0.25, -0.2) is 0 Å². The fourth-order valence-electron chi connectivity index (χ4n) is 16.6. The number of esters is 1. The third-order valence-corrected chi connectivity index (χ3v) is 26.0. The molecule has 7 amide bonds. The number of carbonyl (C=O) groups is 9. The predicted octanol–water partition coefficient (Wildman–Crippen LogP) is 1.49. The number of aliphatic carboxylic acids is 1. The first-order chi connectivity index (χ1) is 63.8. The highest BCUT2D eigenvalue weighted by Gasteiger charge is 2.52. The van der Waals surface area contributed by atoms with Crippen molar-refractivity contribution in [2.45, 2.75) is 353 Å². The minimum atomic E-state index is -2.35. The zero-order valence-electron chi connectivity index (χ0n) is 78.3. The smallest absolute Gasteiger partial charge is 0.311 e. The summed E-state index contributed by atoms with van der Waals surface area (Å²) in [4.78, 5) is 126. The zero-order valence-corrected chi connectivity index (χ0v) is 79.1. The summed E-state index contributed by atoms with van der Waals surface area (Å²) in [6, 6.07) is 3.57. The van der Waals surface area contributed by atoms with Gasteiger partial charge in [0.05, 0.1) is 109 Å². The summed E-state index contributed by atoms with van der Waals surface area (Å²) < 4.78 is 23.2. The van der Waals surface area contributed by atoms with Crippen LogP contribution in [0.1, 0.15) is 189 Å². The van der Waals surface area contributed by atoms with Crippen LogP contribution in [0.4, 0.5) is 0 Å². The van der Waals surface area contributed by atoms with Crippen molar-refractivity contribution in [3.8, 4) is 5.75 Å². The topological polar surface area (TPSA) is 631 Å². The Labute approximate surface area is 791 Å². The van der Waals surface area contributed by atoms with Crippen molar-refractivity contribution in [2.24, 2.45) is 23.5 Å². The van der Waals surface area contributed by atoms with E-state index in [9.17, 15) is 120 Å². The van der Waals surface area contributed by atoms with E-state index in [4.69, 9.17) is 29.8 Å². The number of nitrogens with one attached hydrogen (secondary N) is 7. The lowest BCUT2D eigenvalue weighted by molar-refractivity contribution is -0.310. The van der Waals surface area contributed by atoms with Crippen LogP contribution in [-0.2, 0) is 74.9 Å². The Morgan fingerprint density at radius 3 is 1.91 bits per heavy atom. The number of para-hydroxylation sites is 1. The number of unbranched alkanes of at least 4 members (excludes halogenated alkanes) is 5. The summed E-state index contributed by atoms with van der Waals surface area (Å²) in [6.07, 6.45) is 7.95. The summed E-state index contributed by atoms with van der Waals surface area (Å²) in [7, 11) is 0. The monoisotopic (exact) mass is 1920 g/mol. The van der Waals surface area contributed by atoms with Crippen LogP contribution >= 0.6 is 11.8 Å². The Kier molecular flexibility index (Phi) is 46.1. The summed E-state index contributed by atoms with van der Waals surface area (Å²) in [5, 5.41) is 185. The van der Waals surface area contributed by atoms with Gasteiger partial charge < -0.3 is 148 Å². The maximum atomic E-state index is 14.3. The van der Waals surface area contributed by atoms with Gasteiger partial charge in [0.1, 0.15) is 66.2 Å². The summed E-state index contributed by atoms with van der Waals surface area (Å²) in [5.74, 6) is -12.7. The fourth-order valence-corrected chi connectivity index (χ4v) is 17.7. The summed E-state index contributed by atoms with van der Waals surface area (Å²) >= 11 is 1.08. The lowest BCUT2D eigenvalue weighted by atomic mass is 9.82. The molecule has 0 radical (unpaired) electrons. The van der Waals surface area contributed by atoms with Crippen molar-refractivity contribution in [2.75, 3.05) is 18.9 Å². The van der Waals surface area contributed by atoms with Gasteiger partial charge in [-0.05, 0) is 122 Å². The highest BCUT2D eigenvalue weighted by molar-refractivity contribution is 7.99. The van der Waals surface area contributed by atoms with Crippen molar-refractivity contribution in [1.29, 1.82) is 0 Å². The molecule has 39 heteroatoms. The number of hydrogen-bond acceptors (Lipinski definition) is 30. The number of aryl methyl sites for hydroxylation is 1. The number of amides is 7. The molecule has 29 atom stereocenters. The van der Waals surface area contributed by atoms with Crippen molar-refractivity contribution < 1.29 is 144 Å². The summed E-state index contributed by atoms with van der Waals surface area (Å²) in [5.41, 5.74) is 6.62. The van der Waals surface area contributed by atoms with Crippen LogP contribution in [0.15, 0.2) is 126 Å². The number of phenolic OH excluding ortho intramolecular Hbond substituents is 1. The van der Waals surface area contributed by atoms with Gasteiger partial charge in [0.15, 0.2) is 12.1 Å². The van der Waals surface area contributed by atoms with Gasteiger partial charge in [-0.3, -0.25) is 43.2 Å². The number of H-pyrrole nitrogens is 1. The Morgan fingerprint density at radius 2 is 1.24 bits per heavy atom. The van der Waals surface area contributed by atoms with Gasteiger partial charge in [0, 0.05) is 73.6 Å². The first-order valence-corrected chi connectivity index (χ1v) is 47.7. The SMILES string of the molecule is CC1NC(=O)C(CC(C)(O)CO)NC(=O)C2Cc3c([nH]c4ccccc34)SCC(NC(=O)C(C(C)O)NC1=O)C(=O)N1CC(O)CC1C(=O)NC(C)C(=O)N2.CCCCCCCCc1ccc(O)cc1.C[C@@H]1[C@H](O)[C@@H](C)/C=C/C=C/CC/C=C/C=C/C=C/C=C/[C@H](O[C@@H]2O[C@H](C)[C@@H](O)[C@H](N)[C@@H]2O)C[C@@H]2O[C@](O)(C[C@@H](O)[C@H](O)CC[C@@H](O)C[C@@H](O)C[C@@H](O)CC(=O)O[C@H]1C)C[C@H](O)[C@H]2C(=O)O. The van der Waals surface area contributed by atoms with Gasteiger partial charge in [-0.2, -0.15) is 0 Å². The van der Waals surface area contributed by atoms with Crippen LogP contribution in [0.25, 0.3) is 10.9 Å². The molecule has 6 aliphatic heterocycles. The van der Waals surface area contributed by atoms with Crippen LogP contribution in [0.2, 0.25) is 0 Å². The number of carboxylic acid groups (broad SMARTS) is 1. The molecule has 4 bridgehead atoms. The number of aliphatic hydroxyl groups excluding tert-OH is 12. The standard InChI is InChI=1S/C47H75NO17.C35H48N8O11S.C14H22O/c1-27-17-15-13-11-9-7-5-6-8-10-12-14-16-18-34(64-46-44(58)41(48)43(57)30(4)63-46)24-38-40(45(59)60)37(54)26-47(61,65-38)25-36(53)35(52)20-19-31(49)21-32(50)22-33(51)23-39(55)62-29(3)28(2)42(27)56;1-15-27(47)38-22-10-20-19-7-5-6-8-21(19)41-33(20)55-13-24(34(53)43-12-18(46)9-25(43)31(51)37-15)40-32(52)26(17(3)45)42-28(48)16(2)36-30(50)23(39-29(22)49)11-35(4,54)14-44;1-2-3-4-5-6-7-8-13-9-11-14(15)12-10-13/h5-6,8,10-18,27-38,40-44,46,49-54,56-58,61H,7,9,19-26,48H2,1-4H3,(H,59,60);5-8,15-18,22-26,41,44-46,54H,9-14H2,1-4H3,(H,36,50)(H,37,51)(H,38,47)(H,39,49)(H,40,52)(H,42,48);9-12,15H,2-8H2,1H3/b6-5+,10-8+,13-11+,14-12+,17-15+,18-16+;;/t27-,28-,29-,30+,31+,32+,33+,34-,35+,36+,37-,38-,40+,41-,42+,43+,44-,46-,47+;;/m0../s1. The average Bonchev–Trinajstić information content (AvgIpc) is 1.73. The number of fused-ring (bicyclic) bond motifs is 7. The Hall–Kier alpha value is -8.92. The van der Waals surface area contributed by atoms with Gasteiger partial charge in [-0.1, -0.05) is 156 Å². The van der Waals surface area contributed by atoms with E-state index in [0.717, 1.165) is 35.9 Å². The third-order valence-electron chi connectivity index (χ3n) is 24.9. The number of thioether (sulfide) groups is 1. The van der Waals surface area contributed by atoms with Crippen molar-refractivity contribution >= 4 is 76.0 Å². The molecule has 25 N–H and O–H groups in total. The van der Waals surface area contributed by atoms with Gasteiger partial charge in [0.2, 0.25) is 41.4 Å². The van der Waals surface area contributed by atoms with Crippen LogP contribution in [0.5, 0.6) is 5.75 Å². The number of aromatic hydroxyl groups is 1. The van der Waals surface area contributed by atoms with E-state index in [0.29, 0.717) is 27.2 Å². The number of rotatable bonds is 14. The van der Waals surface area contributed by atoms with Crippen molar-refractivity contribution in [1.82, 2.24) is 41.8 Å². The number of allylic oxidation sites excluding steroid dienone is 10. The number of carboxylic acids is 1. The zero-order chi connectivity index (χ0) is 99.7. The van der Waals surface area contributed by atoms with E-state index in [-0.39, 0.29) is 63.2 Å². The maximum Gasteiger partial charge on any atom is 0.311 e. The number of hydrogen-bond donors (Lipinski definition) is 24. The molecule has 0 saturated carbocycles. The molecule has 10 unspecified atom stereocenters. The van der Waals surface area contributed by atoms with Crippen LogP contribution < -0.4 is 37.6 Å². The number of benzene rings is 2. The molecule has 6 aliphatic rings. The molecule has 38 nitrogen and oxygen atoms in total. The fraction of sp³-hybridized carbons (Fsp3) is 0.635.